The summed E-state index contributed by atoms with van der Waals surface area (Å²) in [6, 6.07) is 17.1. The number of carbonyl (C=O) groups is 2. The summed E-state index contributed by atoms with van der Waals surface area (Å²) in [6.45, 7) is 1.72. The van der Waals surface area contributed by atoms with Crippen LogP contribution in [0.25, 0.3) is 17.0 Å². The second kappa shape index (κ2) is 8.15. The predicted octanol–water partition coefficient (Wildman–Crippen LogP) is 6.24. The highest BCUT2D eigenvalue weighted by Crippen LogP contribution is 2.39. The first-order chi connectivity index (χ1) is 15.9. The van der Waals surface area contributed by atoms with Crippen LogP contribution in [0.15, 0.2) is 70.8 Å². The molecule has 6 nitrogen and oxygen atoms in total. The zero-order valence-corrected chi connectivity index (χ0v) is 18.4. The summed E-state index contributed by atoms with van der Waals surface area (Å²) < 4.78 is 22.2. The van der Waals surface area contributed by atoms with E-state index in [1.807, 2.05) is 18.2 Å². The van der Waals surface area contributed by atoms with E-state index in [1.54, 1.807) is 62.6 Å². The molecule has 5 rings (SSSR count). The van der Waals surface area contributed by atoms with Gasteiger partial charge in [-0.2, -0.15) is 0 Å². The van der Waals surface area contributed by atoms with Crippen LogP contribution in [0.3, 0.4) is 0 Å². The molecule has 1 aromatic heterocycles. The Hall–Kier alpha value is -4.03. The van der Waals surface area contributed by atoms with Gasteiger partial charge in [-0.05, 0) is 67.1 Å². The molecule has 1 aliphatic rings. The summed E-state index contributed by atoms with van der Waals surface area (Å²) in [6.07, 6.45) is 1.65. The van der Waals surface area contributed by atoms with Gasteiger partial charge in [0.25, 0.3) is 0 Å². The number of hydrogen-bond acceptors (Lipinski definition) is 6. The Kier molecular flexibility index (Phi) is 5.15. The van der Waals surface area contributed by atoms with Crippen LogP contribution in [0.4, 0.5) is 0 Å². The van der Waals surface area contributed by atoms with E-state index >= 15 is 0 Å². The monoisotopic (exact) mass is 460 g/mol. The average Bonchev–Trinajstić information content (AvgIpc) is 3.37. The fourth-order valence-corrected chi connectivity index (χ4v) is 3.81. The average molecular weight is 461 g/mol. The lowest BCUT2D eigenvalue weighted by Crippen LogP contribution is -2.08. The number of esters is 1. The lowest BCUT2D eigenvalue weighted by Gasteiger charge is -2.09. The van der Waals surface area contributed by atoms with E-state index in [-0.39, 0.29) is 23.1 Å². The van der Waals surface area contributed by atoms with Crippen LogP contribution in [0.2, 0.25) is 5.02 Å². The van der Waals surface area contributed by atoms with Gasteiger partial charge in [-0.3, -0.25) is 4.79 Å². The molecule has 1 aliphatic heterocycles. The van der Waals surface area contributed by atoms with Gasteiger partial charge in [0, 0.05) is 16.0 Å². The van der Waals surface area contributed by atoms with Crippen molar-refractivity contribution in [2.45, 2.75) is 6.92 Å². The van der Waals surface area contributed by atoms with Crippen LogP contribution in [0.1, 0.15) is 32.0 Å². The number of ether oxygens (including phenoxy) is 3. The molecule has 0 unspecified atom stereocenters. The predicted molar refractivity (Wildman–Crippen MR) is 123 cm³/mol. The summed E-state index contributed by atoms with van der Waals surface area (Å²) in [5.41, 5.74) is 2.22. The molecular formula is C26H17ClO6. The summed E-state index contributed by atoms with van der Waals surface area (Å²) in [7, 11) is 1.58. The Bertz CT molecular complexity index is 1460. The van der Waals surface area contributed by atoms with E-state index in [4.69, 9.17) is 30.2 Å². The van der Waals surface area contributed by atoms with Crippen LogP contribution < -0.4 is 14.2 Å². The number of hydrogen-bond donors (Lipinski definition) is 0. The van der Waals surface area contributed by atoms with Gasteiger partial charge in [0.15, 0.2) is 5.76 Å². The van der Waals surface area contributed by atoms with E-state index in [2.05, 4.69) is 0 Å². The van der Waals surface area contributed by atoms with Crippen molar-refractivity contribution in [3.63, 3.8) is 0 Å². The molecule has 0 saturated carbocycles. The normalized spacial score (nSPS) is 13.8. The van der Waals surface area contributed by atoms with Crippen molar-refractivity contribution in [2.75, 3.05) is 7.11 Å². The third kappa shape index (κ3) is 3.85. The molecule has 0 spiro atoms. The molecule has 3 aromatic carbocycles. The number of benzene rings is 3. The van der Waals surface area contributed by atoms with Crippen molar-refractivity contribution in [2.24, 2.45) is 0 Å². The number of methoxy groups -OCH3 is 1. The minimum atomic E-state index is -0.665. The zero-order chi connectivity index (χ0) is 23.1. The van der Waals surface area contributed by atoms with Crippen LogP contribution in [0, 0.1) is 6.92 Å². The van der Waals surface area contributed by atoms with Crippen LogP contribution in [-0.4, -0.2) is 18.9 Å². The Morgan fingerprint density at radius 1 is 1.06 bits per heavy atom. The minimum absolute atomic E-state index is 0.0442. The molecule has 0 atom stereocenters. The molecule has 0 N–H and O–H groups in total. The molecule has 0 bridgehead atoms. The highest BCUT2D eigenvalue weighted by atomic mass is 35.5. The molecule has 0 fully saturated rings. The van der Waals surface area contributed by atoms with Crippen molar-refractivity contribution >= 4 is 40.4 Å². The first kappa shape index (κ1) is 20.8. The first-order valence-electron chi connectivity index (χ1n) is 10.1. The lowest BCUT2D eigenvalue weighted by molar-refractivity contribution is 0.0702. The van der Waals surface area contributed by atoms with Gasteiger partial charge in [0.1, 0.15) is 22.8 Å². The zero-order valence-electron chi connectivity index (χ0n) is 17.7. The highest BCUT2D eigenvalue weighted by Gasteiger charge is 2.31. The molecule has 0 radical (unpaired) electrons. The summed E-state index contributed by atoms with van der Waals surface area (Å²) in [4.78, 5) is 25.5. The van der Waals surface area contributed by atoms with E-state index < -0.39 is 5.97 Å². The Morgan fingerprint density at radius 3 is 2.73 bits per heavy atom. The largest absolute Gasteiger partial charge is 0.497 e. The van der Waals surface area contributed by atoms with E-state index in [9.17, 15) is 9.59 Å². The lowest BCUT2D eigenvalue weighted by atomic mass is 10.1. The standard InChI is InChI=1S/C26H17ClO6/c1-14-20(33-26(29)23-13-16-12-17(27)6-8-21(16)31-23)9-7-19-24(28)22(32-25(14)19)11-15-4-3-5-18(10-15)30-2/h3-13H,1-2H3/b22-11-. The number of Topliss-reactive ketones (excluding diaryl/α,β-unsaturated/α-hetero) is 1. The van der Waals surface area contributed by atoms with Crippen LogP contribution >= 0.6 is 11.6 Å². The summed E-state index contributed by atoms with van der Waals surface area (Å²) in [5, 5.41) is 1.23. The third-order valence-electron chi connectivity index (χ3n) is 5.31. The molecule has 0 aliphatic carbocycles. The molecule has 33 heavy (non-hydrogen) atoms. The number of ketones is 1. The van der Waals surface area contributed by atoms with E-state index in [0.29, 0.717) is 38.6 Å². The molecule has 7 heteroatoms. The van der Waals surface area contributed by atoms with Crippen molar-refractivity contribution in [3.05, 3.63) is 93.9 Å². The topological polar surface area (TPSA) is 75.0 Å². The second-order valence-electron chi connectivity index (χ2n) is 7.46. The van der Waals surface area contributed by atoms with Gasteiger partial charge in [0.05, 0.1) is 12.7 Å². The number of allylic oxidation sites excluding steroid dienone is 1. The number of halogens is 1. The van der Waals surface area contributed by atoms with Crippen molar-refractivity contribution < 1.29 is 28.2 Å². The Morgan fingerprint density at radius 2 is 1.91 bits per heavy atom. The number of carbonyl (C=O) groups excluding carboxylic acids is 2. The fourth-order valence-electron chi connectivity index (χ4n) is 3.63. The molecule has 164 valence electrons. The van der Waals surface area contributed by atoms with Crippen molar-refractivity contribution in [1.29, 1.82) is 0 Å². The smallest absolute Gasteiger partial charge is 0.379 e. The van der Waals surface area contributed by atoms with Crippen molar-refractivity contribution in [1.82, 2.24) is 0 Å². The Balaban J connectivity index is 1.41. The minimum Gasteiger partial charge on any atom is -0.497 e. The number of furan rings is 1. The Labute approximate surface area is 193 Å². The second-order valence-corrected chi connectivity index (χ2v) is 7.90. The van der Waals surface area contributed by atoms with Crippen LogP contribution in [0.5, 0.6) is 17.2 Å². The van der Waals surface area contributed by atoms with Gasteiger partial charge in [-0.1, -0.05) is 23.7 Å². The molecule has 2 heterocycles. The molecule has 0 amide bonds. The van der Waals surface area contributed by atoms with Gasteiger partial charge in [-0.25, -0.2) is 4.79 Å². The maximum absolute atomic E-state index is 12.8. The maximum Gasteiger partial charge on any atom is 0.379 e. The van der Waals surface area contributed by atoms with E-state index in [0.717, 1.165) is 5.56 Å². The van der Waals surface area contributed by atoms with Crippen LogP contribution in [-0.2, 0) is 0 Å². The first-order valence-corrected chi connectivity index (χ1v) is 10.4. The van der Waals surface area contributed by atoms with E-state index in [1.165, 1.54) is 0 Å². The quantitative estimate of drug-likeness (QED) is 0.204. The third-order valence-corrected chi connectivity index (χ3v) is 5.55. The van der Waals surface area contributed by atoms with Crippen molar-refractivity contribution in [3.8, 4) is 17.2 Å². The summed E-state index contributed by atoms with van der Waals surface area (Å²) >= 11 is 5.99. The molecule has 0 saturated heterocycles. The number of fused-ring (bicyclic) bond motifs is 2. The molecular weight excluding hydrogens is 444 g/mol. The summed E-state index contributed by atoms with van der Waals surface area (Å²) in [5.74, 6) is 0.612. The number of rotatable bonds is 4. The fraction of sp³-hybridized carbons (Fsp3) is 0.0769. The van der Waals surface area contributed by atoms with Gasteiger partial charge in [-0.15, -0.1) is 0 Å². The highest BCUT2D eigenvalue weighted by molar-refractivity contribution is 6.31. The SMILES string of the molecule is COc1cccc(/C=C2\Oc3c(ccc(OC(=O)c4cc5cc(Cl)ccc5o4)c3C)C2=O)c1. The maximum atomic E-state index is 12.8. The van der Waals surface area contributed by atoms with Gasteiger partial charge >= 0.3 is 5.97 Å². The van der Waals surface area contributed by atoms with Gasteiger partial charge in [0.2, 0.25) is 11.5 Å². The molecule has 4 aromatic rings. The van der Waals surface area contributed by atoms with Gasteiger partial charge < -0.3 is 18.6 Å².